The zero-order valence-electron chi connectivity index (χ0n) is 13.6. The molecule has 1 heterocycles. The molecule has 5 nitrogen and oxygen atoms in total. The number of nitrogens with one attached hydrogen (secondary N) is 1. The Balaban J connectivity index is 2.22. The first-order valence-corrected chi connectivity index (χ1v) is 9.13. The highest BCUT2D eigenvalue weighted by Crippen LogP contribution is 2.33. The molecule has 0 fully saturated rings. The zero-order valence-corrected chi connectivity index (χ0v) is 14.4. The molecule has 1 aliphatic rings. The molecule has 1 N–H and O–H groups in total. The Bertz CT molecular complexity index is 668. The van der Waals surface area contributed by atoms with Crippen molar-refractivity contribution in [1.82, 2.24) is 4.72 Å². The summed E-state index contributed by atoms with van der Waals surface area (Å²) in [5.74, 6) is 0.435. The minimum Gasteiger partial charge on any atom is -0.309 e. The van der Waals surface area contributed by atoms with Crippen molar-refractivity contribution in [3.8, 4) is 0 Å². The lowest BCUT2D eigenvalue weighted by molar-refractivity contribution is -0.116. The summed E-state index contributed by atoms with van der Waals surface area (Å²) in [6.45, 7) is 8.05. The lowest BCUT2D eigenvalue weighted by Crippen LogP contribution is -2.33. The van der Waals surface area contributed by atoms with E-state index in [0.717, 1.165) is 17.7 Å². The summed E-state index contributed by atoms with van der Waals surface area (Å²) in [5, 5.41) is 0. The highest BCUT2D eigenvalue weighted by Gasteiger charge is 2.30. The Morgan fingerprint density at radius 1 is 1.41 bits per heavy atom. The number of sulfonamides is 1. The van der Waals surface area contributed by atoms with E-state index in [2.05, 4.69) is 18.6 Å². The maximum Gasteiger partial charge on any atom is 0.240 e. The molecule has 0 aliphatic carbocycles. The van der Waals surface area contributed by atoms with Gasteiger partial charge in [0, 0.05) is 25.2 Å². The zero-order chi connectivity index (χ0) is 16.5. The molecule has 1 aromatic rings. The van der Waals surface area contributed by atoms with Crippen molar-refractivity contribution >= 4 is 21.6 Å². The molecule has 1 aromatic carbocycles. The SMILES string of the molecule is CC(=O)N1c2ccc(S(=O)(=O)NCCC(C)C)cc2CC1C. The molecule has 1 atom stereocenters. The molecule has 6 heteroatoms. The van der Waals surface area contributed by atoms with Gasteiger partial charge in [-0.1, -0.05) is 13.8 Å². The predicted octanol–water partition coefficient (Wildman–Crippen LogP) is 2.31. The summed E-state index contributed by atoms with van der Waals surface area (Å²) in [4.78, 5) is 13.7. The highest BCUT2D eigenvalue weighted by atomic mass is 32.2. The molecule has 0 bridgehead atoms. The molecule has 1 aliphatic heterocycles. The van der Waals surface area contributed by atoms with Crippen molar-refractivity contribution in [3.63, 3.8) is 0 Å². The van der Waals surface area contributed by atoms with Crippen LogP contribution in [0.2, 0.25) is 0 Å². The Hall–Kier alpha value is -1.40. The van der Waals surface area contributed by atoms with Gasteiger partial charge in [-0.25, -0.2) is 13.1 Å². The van der Waals surface area contributed by atoms with Crippen LogP contribution in [0.3, 0.4) is 0 Å². The average molecular weight is 324 g/mol. The molecule has 0 aromatic heterocycles. The summed E-state index contributed by atoms with van der Waals surface area (Å²) < 4.78 is 27.3. The van der Waals surface area contributed by atoms with Gasteiger partial charge in [0.2, 0.25) is 15.9 Å². The fourth-order valence-electron chi connectivity index (χ4n) is 2.82. The van der Waals surface area contributed by atoms with E-state index in [0.29, 0.717) is 18.9 Å². The van der Waals surface area contributed by atoms with Gasteiger partial charge in [0.25, 0.3) is 0 Å². The number of hydrogen-bond donors (Lipinski definition) is 1. The van der Waals surface area contributed by atoms with Crippen molar-refractivity contribution in [2.75, 3.05) is 11.4 Å². The molecule has 1 amide bonds. The Morgan fingerprint density at radius 3 is 2.68 bits per heavy atom. The fourth-order valence-corrected chi connectivity index (χ4v) is 3.92. The Labute approximate surface area is 132 Å². The number of hydrogen-bond acceptors (Lipinski definition) is 3. The Morgan fingerprint density at radius 2 is 2.09 bits per heavy atom. The van der Waals surface area contributed by atoms with Gasteiger partial charge in [-0.15, -0.1) is 0 Å². The minimum atomic E-state index is -3.49. The van der Waals surface area contributed by atoms with Gasteiger partial charge in [-0.05, 0) is 49.4 Å². The van der Waals surface area contributed by atoms with Crippen molar-refractivity contribution in [2.24, 2.45) is 5.92 Å². The molecule has 0 radical (unpaired) electrons. The molecule has 2 rings (SSSR count). The lowest BCUT2D eigenvalue weighted by atomic mass is 10.1. The first kappa shape index (κ1) is 17.0. The fraction of sp³-hybridized carbons (Fsp3) is 0.562. The number of carbonyl (C=O) groups excluding carboxylic acids is 1. The van der Waals surface area contributed by atoms with E-state index >= 15 is 0 Å². The molecule has 1 unspecified atom stereocenters. The van der Waals surface area contributed by atoms with Crippen molar-refractivity contribution < 1.29 is 13.2 Å². The van der Waals surface area contributed by atoms with Crippen LogP contribution in [0.5, 0.6) is 0 Å². The van der Waals surface area contributed by atoms with Crippen molar-refractivity contribution in [2.45, 2.75) is 51.5 Å². The molecule has 0 saturated carbocycles. The number of rotatable bonds is 5. The highest BCUT2D eigenvalue weighted by molar-refractivity contribution is 7.89. The number of carbonyl (C=O) groups is 1. The second-order valence-electron chi connectivity index (χ2n) is 6.31. The molecular weight excluding hydrogens is 300 g/mol. The summed E-state index contributed by atoms with van der Waals surface area (Å²) >= 11 is 0. The van der Waals surface area contributed by atoms with Crippen LogP contribution >= 0.6 is 0 Å². The van der Waals surface area contributed by atoms with Crippen LogP contribution in [-0.4, -0.2) is 26.9 Å². The van der Waals surface area contributed by atoms with Crippen LogP contribution in [-0.2, 0) is 21.2 Å². The van der Waals surface area contributed by atoms with E-state index in [9.17, 15) is 13.2 Å². The van der Waals surface area contributed by atoms with Gasteiger partial charge in [-0.2, -0.15) is 0 Å². The number of anilines is 1. The van der Waals surface area contributed by atoms with E-state index in [1.54, 1.807) is 23.1 Å². The van der Waals surface area contributed by atoms with Gasteiger partial charge < -0.3 is 4.90 Å². The van der Waals surface area contributed by atoms with E-state index < -0.39 is 10.0 Å². The molecule has 0 spiro atoms. The van der Waals surface area contributed by atoms with Crippen LogP contribution in [0, 0.1) is 5.92 Å². The first-order chi connectivity index (χ1) is 10.2. The standard InChI is InChI=1S/C16H24N2O3S/c1-11(2)7-8-17-22(20,21)15-5-6-16-14(10-15)9-12(3)18(16)13(4)19/h5-6,10-12,17H,7-9H2,1-4H3. The molecule has 22 heavy (non-hydrogen) atoms. The third kappa shape index (κ3) is 3.50. The van der Waals surface area contributed by atoms with Crippen LogP contribution in [0.1, 0.15) is 39.7 Å². The lowest BCUT2D eigenvalue weighted by Gasteiger charge is -2.20. The van der Waals surface area contributed by atoms with Gasteiger partial charge >= 0.3 is 0 Å². The number of amides is 1. The number of nitrogens with zero attached hydrogens (tertiary/aromatic N) is 1. The third-order valence-corrected chi connectivity index (χ3v) is 5.39. The number of fused-ring (bicyclic) bond motifs is 1. The van der Waals surface area contributed by atoms with Crippen molar-refractivity contribution in [1.29, 1.82) is 0 Å². The summed E-state index contributed by atoms with van der Waals surface area (Å²) in [7, 11) is -3.49. The van der Waals surface area contributed by atoms with Crippen LogP contribution in [0.4, 0.5) is 5.69 Å². The molecular formula is C16H24N2O3S. The maximum absolute atomic E-state index is 12.3. The number of benzene rings is 1. The van der Waals surface area contributed by atoms with E-state index in [4.69, 9.17) is 0 Å². The monoisotopic (exact) mass is 324 g/mol. The topological polar surface area (TPSA) is 66.5 Å². The second-order valence-corrected chi connectivity index (χ2v) is 8.08. The quantitative estimate of drug-likeness (QED) is 0.904. The minimum absolute atomic E-state index is 0.0167. The third-order valence-electron chi connectivity index (χ3n) is 3.93. The van der Waals surface area contributed by atoms with Crippen LogP contribution < -0.4 is 9.62 Å². The normalized spacial score (nSPS) is 17.9. The summed E-state index contributed by atoms with van der Waals surface area (Å²) in [5.41, 5.74) is 1.73. The van der Waals surface area contributed by atoms with Gasteiger partial charge in [0.15, 0.2) is 0 Å². The average Bonchev–Trinajstić information content (AvgIpc) is 2.72. The van der Waals surface area contributed by atoms with E-state index in [1.807, 2.05) is 6.92 Å². The van der Waals surface area contributed by atoms with Crippen LogP contribution in [0.15, 0.2) is 23.1 Å². The van der Waals surface area contributed by atoms with Crippen LogP contribution in [0.25, 0.3) is 0 Å². The van der Waals surface area contributed by atoms with E-state index in [-0.39, 0.29) is 16.8 Å². The first-order valence-electron chi connectivity index (χ1n) is 7.64. The largest absolute Gasteiger partial charge is 0.309 e. The second kappa shape index (κ2) is 6.38. The molecule has 122 valence electrons. The predicted molar refractivity (Wildman–Crippen MR) is 87.4 cm³/mol. The maximum atomic E-state index is 12.3. The summed E-state index contributed by atoms with van der Waals surface area (Å²) in [6, 6.07) is 5.06. The Kier molecular flexibility index (Phi) is 4.92. The van der Waals surface area contributed by atoms with Crippen molar-refractivity contribution in [3.05, 3.63) is 23.8 Å². The van der Waals surface area contributed by atoms with Gasteiger partial charge in [0.1, 0.15) is 0 Å². The van der Waals surface area contributed by atoms with E-state index in [1.165, 1.54) is 6.92 Å². The van der Waals surface area contributed by atoms with Gasteiger partial charge in [-0.3, -0.25) is 4.79 Å². The smallest absolute Gasteiger partial charge is 0.240 e. The van der Waals surface area contributed by atoms with Gasteiger partial charge in [0.05, 0.1) is 4.90 Å². The molecule has 0 saturated heterocycles. The summed E-state index contributed by atoms with van der Waals surface area (Å²) in [6.07, 6.45) is 1.49.